The number of carboxylic acids is 1. The lowest BCUT2D eigenvalue weighted by atomic mass is 10.1. The molecule has 1 rings (SSSR count). The Morgan fingerprint density at radius 2 is 1.71 bits per heavy atom. The highest BCUT2D eigenvalue weighted by molar-refractivity contribution is 5.80. The predicted molar refractivity (Wildman–Crippen MR) is 65.0 cm³/mol. The monoisotopic (exact) mass is 242 g/mol. The fourth-order valence-electron chi connectivity index (χ4n) is 2.06. The SMILES string of the molecule is CC(=O)C(C)N1CCN(CC(C)C(=O)O)CC1. The molecule has 0 saturated carbocycles. The van der Waals surface area contributed by atoms with Gasteiger partial charge in [0.25, 0.3) is 0 Å². The third-order valence-electron chi connectivity index (χ3n) is 3.50. The Kier molecular flexibility index (Phi) is 5.08. The van der Waals surface area contributed by atoms with Crippen LogP contribution in [-0.4, -0.2) is 65.4 Å². The molecule has 1 N–H and O–H groups in total. The minimum atomic E-state index is -0.746. The van der Waals surface area contributed by atoms with E-state index in [0.29, 0.717) is 6.54 Å². The van der Waals surface area contributed by atoms with Crippen LogP contribution in [-0.2, 0) is 9.59 Å². The van der Waals surface area contributed by atoms with Crippen molar-refractivity contribution in [2.45, 2.75) is 26.8 Å². The van der Waals surface area contributed by atoms with Crippen LogP contribution in [0.25, 0.3) is 0 Å². The van der Waals surface area contributed by atoms with Gasteiger partial charge in [0.05, 0.1) is 12.0 Å². The number of carbonyl (C=O) groups is 2. The number of Topliss-reactive ketones (excluding diaryl/α,β-unsaturated/α-hetero) is 1. The van der Waals surface area contributed by atoms with E-state index in [1.807, 2.05) is 6.92 Å². The summed E-state index contributed by atoms with van der Waals surface area (Å²) in [6.07, 6.45) is 0. The molecule has 0 aromatic rings. The van der Waals surface area contributed by atoms with Gasteiger partial charge >= 0.3 is 5.97 Å². The molecule has 1 aliphatic heterocycles. The molecule has 0 bridgehead atoms. The summed E-state index contributed by atoms with van der Waals surface area (Å²) >= 11 is 0. The summed E-state index contributed by atoms with van der Waals surface area (Å²) in [7, 11) is 0. The Labute approximate surface area is 102 Å². The first kappa shape index (κ1) is 14.1. The predicted octanol–water partition coefficient (Wildman–Crippen LogP) is 0.302. The van der Waals surface area contributed by atoms with E-state index in [0.717, 1.165) is 26.2 Å². The van der Waals surface area contributed by atoms with Crippen molar-refractivity contribution in [3.8, 4) is 0 Å². The number of hydrogen-bond acceptors (Lipinski definition) is 4. The molecule has 1 aliphatic rings. The molecule has 17 heavy (non-hydrogen) atoms. The van der Waals surface area contributed by atoms with E-state index in [4.69, 9.17) is 5.11 Å². The largest absolute Gasteiger partial charge is 0.481 e. The second kappa shape index (κ2) is 6.12. The quantitative estimate of drug-likeness (QED) is 0.751. The van der Waals surface area contributed by atoms with E-state index < -0.39 is 5.97 Å². The first-order chi connectivity index (χ1) is 7.91. The van der Waals surface area contributed by atoms with E-state index in [1.54, 1.807) is 13.8 Å². The lowest BCUT2D eigenvalue weighted by Crippen LogP contribution is -2.52. The number of rotatable bonds is 5. The topological polar surface area (TPSA) is 60.9 Å². The third kappa shape index (κ3) is 4.09. The van der Waals surface area contributed by atoms with Crippen molar-refractivity contribution in [3.63, 3.8) is 0 Å². The molecule has 98 valence electrons. The van der Waals surface area contributed by atoms with Crippen LogP contribution in [0.5, 0.6) is 0 Å². The molecule has 1 fully saturated rings. The number of carbonyl (C=O) groups excluding carboxylic acids is 1. The number of carboxylic acid groups (broad SMARTS) is 1. The van der Waals surface area contributed by atoms with Crippen LogP contribution in [0.1, 0.15) is 20.8 Å². The van der Waals surface area contributed by atoms with Gasteiger partial charge in [-0.05, 0) is 13.8 Å². The van der Waals surface area contributed by atoms with Crippen molar-refractivity contribution >= 4 is 11.8 Å². The second-order valence-corrected chi connectivity index (χ2v) is 4.86. The molecule has 0 aliphatic carbocycles. The fraction of sp³-hybridized carbons (Fsp3) is 0.833. The molecule has 5 heteroatoms. The molecule has 0 amide bonds. The van der Waals surface area contributed by atoms with Crippen molar-refractivity contribution in [2.24, 2.45) is 5.92 Å². The summed E-state index contributed by atoms with van der Waals surface area (Å²) in [5.41, 5.74) is 0. The lowest BCUT2D eigenvalue weighted by Gasteiger charge is -2.37. The van der Waals surface area contributed by atoms with Gasteiger partial charge < -0.3 is 5.11 Å². The molecule has 1 saturated heterocycles. The van der Waals surface area contributed by atoms with E-state index in [-0.39, 0.29) is 17.7 Å². The van der Waals surface area contributed by atoms with Gasteiger partial charge in [-0.25, -0.2) is 0 Å². The molecular weight excluding hydrogens is 220 g/mol. The standard InChI is InChI=1S/C12H22N2O3/c1-9(12(16)17)8-13-4-6-14(7-5-13)10(2)11(3)15/h9-10H,4-8H2,1-3H3,(H,16,17). The van der Waals surface area contributed by atoms with Gasteiger partial charge in [-0.1, -0.05) is 6.92 Å². The summed E-state index contributed by atoms with van der Waals surface area (Å²) in [5.74, 6) is -0.881. The van der Waals surface area contributed by atoms with Crippen molar-refractivity contribution in [1.82, 2.24) is 9.80 Å². The van der Waals surface area contributed by atoms with Crippen molar-refractivity contribution in [3.05, 3.63) is 0 Å². The van der Waals surface area contributed by atoms with Gasteiger partial charge in [-0.15, -0.1) is 0 Å². The third-order valence-corrected chi connectivity index (χ3v) is 3.50. The van der Waals surface area contributed by atoms with Crippen LogP contribution < -0.4 is 0 Å². The van der Waals surface area contributed by atoms with E-state index in [2.05, 4.69) is 9.80 Å². The normalized spacial score (nSPS) is 22.1. The van der Waals surface area contributed by atoms with Gasteiger partial charge in [-0.3, -0.25) is 19.4 Å². The van der Waals surface area contributed by atoms with Gasteiger partial charge in [0, 0.05) is 32.7 Å². The Morgan fingerprint density at radius 3 is 2.12 bits per heavy atom. The minimum absolute atomic E-state index is 0.0194. The maximum atomic E-state index is 11.3. The highest BCUT2D eigenvalue weighted by atomic mass is 16.4. The van der Waals surface area contributed by atoms with E-state index in [1.165, 1.54) is 0 Å². The van der Waals surface area contributed by atoms with Crippen LogP contribution in [0.2, 0.25) is 0 Å². The highest BCUT2D eigenvalue weighted by Crippen LogP contribution is 2.09. The zero-order valence-corrected chi connectivity index (χ0v) is 10.8. The zero-order chi connectivity index (χ0) is 13.0. The molecule has 1 heterocycles. The Bertz CT molecular complexity index is 285. The van der Waals surface area contributed by atoms with Crippen LogP contribution in [0.4, 0.5) is 0 Å². The summed E-state index contributed by atoms with van der Waals surface area (Å²) < 4.78 is 0. The van der Waals surface area contributed by atoms with Crippen molar-refractivity contribution in [2.75, 3.05) is 32.7 Å². The first-order valence-electron chi connectivity index (χ1n) is 6.11. The van der Waals surface area contributed by atoms with E-state index >= 15 is 0 Å². The van der Waals surface area contributed by atoms with E-state index in [9.17, 15) is 9.59 Å². The molecule has 0 spiro atoms. The first-order valence-corrected chi connectivity index (χ1v) is 6.11. The number of ketones is 1. The maximum absolute atomic E-state index is 11.3. The Hall–Kier alpha value is -0.940. The zero-order valence-electron chi connectivity index (χ0n) is 10.8. The summed E-state index contributed by atoms with van der Waals surface area (Å²) in [5, 5.41) is 8.84. The number of nitrogens with zero attached hydrogens (tertiary/aromatic N) is 2. The van der Waals surface area contributed by atoms with Gasteiger partial charge in [0.15, 0.2) is 0 Å². The highest BCUT2D eigenvalue weighted by Gasteiger charge is 2.25. The van der Waals surface area contributed by atoms with Gasteiger partial charge in [-0.2, -0.15) is 0 Å². The molecule has 5 nitrogen and oxygen atoms in total. The second-order valence-electron chi connectivity index (χ2n) is 4.86. The van der Waals surface area contributed by atoms with Crippen molar-refractivity contribution in [1.29, 1.82) is 0 Å². The molecule has 0 aromatic carbocycles. The van der Waals surface area contributed by atoms with Crippen LogP contribution >= 0.6 is 0 Å². The van der Waals surface area contributed by atoms with Crippen molar-refractivity contribution < 1.29 is 14.7 Å². The van der Waals surface area contributed by atoms with Crippen LogP contribution in [0.3, 0.4) is 0 Å². The average molecular weight is 242 g/mol. The van der Waals surface area contributed by atoms with Crippen LogP contribution in [0.15, 0.2) is 0 Å². The molecule has 0 aromatic heterocycles. The summed E-state index contributed by atoms with van der Waals surface area (Å²) in [6.45, 7) is 9.23. The number of aliphatic carboxylic acids is 1. The van der Waals surface area contributed by atoms with Crippen LogP contribution in [0, 0.1) is 5.92 Å². The number of piperazine rings is 1. The smallest absolute Gasteiger partial charge is 0.307 e. The summed E-state index contributed by atoms with van der Waals surface area (Å²) in [6, 6.07) is -0.0194. The molecule has 0 radical (unpaired) electrons. The van der Waals surface area contributed by atoms with Gasteiger partial charge in [0.1, 0.15) is 5.78 Å². The molecule has 2 atom stereocenters. The Morgan fingerprint density at radius 1 is 1.18 bits per heavy atom. The lowest BCUT2D eigenvalue weighted by molar-refractivity contribution is -0.141. The fourth-order valence-corrected chi connectivity index (χ4v) is 2.06. The molecule has 2 unspecified atom stereocenters. The Balaban J connectivity index is 2.35. The number of hydrogen-bond donors (Lipinski definition) is 1. The van der Waals surface area contributed by atoms with Gasteiger partial charge in [0.2, 0.25) is 0 Å². The minimum Gasteiger partial charge on any atom is -0.481 e. The summed E-state index contributed by atoms with van der Waals surface area (Å²) in [4.78, 5) is 26.3. The average Bonchev–Trinajstić information content (AvgIpc) is 2.28. The molecular formula is C12H22N2O3. The maximum Gasteiger partial charge on any atom is 0.307 e.